The third-order valence-corrected chi connectivity index (χ3v) is 8.73. The molecule has 2 aromatic heterocycles. The summed E-state index contributed by atoms with van der Waals surface area (Å²) in [4.78, 5) is 17.4. The van der Waals surface area contributed by atoms with E-state index in [1.54, 1.807) is 49.5 Å². The number of ether oxygens (including phenoxy) is 1. The Balaban J connectivity index is 1.65. The molecule has 0 radical (unpaired) electrons. The second-order valence-electron chi connectivity index (χ2n) is 9.21. The number of fused-ring (bicyclic) bond motifs is 3. The highest BCUT2D eigenvalue weighted by Gasteiger charge is 2.28. The quantitative estimate of drug-likeness (QED) is 0.329. The molecule has 36 heavy (non-hydrogen) atoms. The molecule has 1 aliphatic carbocycles. The molecular formula is C27H28N4O4S. The number of aromatic nitrogens is 3. The first-order valence-corrected chi connectivity index (χ1v) is 13.7. The number of carbonyl (C=O) groups excluding carboxylic acids is 1. The molecule has 9 heteroatoms. The van der Waals surface area contributed by atoms with Gasteiger partial charge in [0.25, 0.3) is 10.0 Å². The minimum Gasteiger partial charge on any atom is -0.466 e. The van der Waals surface area contributed by atoms with E-state index in [1.807, 2.05) is 12.1 Å². The topological polar surface area (TPSA) is 107 Å². The molecule has 1 fully saturated rings. The number of esters is 1. The molecule has 0 spiro atoms. The average molecular weight is 505 g/mol. The third-order valence-electron chi connectivity index (χ3n) is 7.02. The van der Waals surface area contributed by atoms with Crippen LogP contribution < -0.4 is 0 Å². The lowest BCUT2D eigenvalue weighted by molar-refractivity contribution is -0.142. The summed E-state index contributed by atoms with van der Waals surface area (Å²) in [6.45, 7) is 2.07. The lowest BCUT2D eigenvalue weighted by atomic mass is 9.84. The number of hydrogen-bond acceptors (Lipinski definition) is 6. The summed E-state index contributed by atoms with van der Waals surface area (Å²) < 4.78 is 35.4. The summed E-state index contributed by atoms with van der Waals surface area (Å²) in [6.07, 6.45) is 5.77. The summed E-state index contributed by atoms with van der Waals surface area (Å²) in [7, 11) is -3.78. The van der Waals surface area contributed by atoms with Gasteiger partial charge in [-0.05, 0) is 68.9 Å². The first-order valence-electron chi connectivity index (χ1n) is 12.3. The van der Waals surface area contributed by atoms with E-state index in [4.69, 9.17) is 15.0 Å². The zero-order valence-electron chi connectivity index (χ0n) is 20.1. The average Bonchev–Trinajstić information content (AvgIpc) is 3.47. The maximum atomic E-state index is 13.4. The van der Waals surface area contributed by atoms with E-state index in [1.165, 1.54) is 3.97 Å². The van der Waals surface area contributed by atoms with Gasteiger partial charge in [-0.15, -0.1) is 0 Å². The number of nitriles is 1. The lowest BCUT2D eigenvalue weighted by Crippen LogP contribution is -2.21. The van der Waals surface area contributed by atoms with Gasteiger partial charge in [-0.2, -0.15) is 5.26 Å². The predicted octanol–water partition coefficient (Wildman–Crippen LogP) is 4.98. The number of imidazole rings is 1. The fourth-order valence-corrected chi connectivity index (χ4v) is 6.71. The SMILES string of the molecule is CCOC(=O)Cc1nc2ccc3c(ccn3S(=O)(=O)c3ccccc3)c2n1[C@H]1CC[C@H](CC#N)CC1. The van der Waals surface area contributed by atoms with Gasteiger partial charge in [-0.25, -0.2) is 17.4 Å². The normalized spacial score (nSPS) is 18.3. The van der Waals surface area contributed by atoms with E-state index in [0.29, 0.717) is 30.3 Å². The van der Waals surface area contributed by atoms with Crippen LogP contribution in [-0.4, -0.2) is 34.5 Å². The number of carbonyl (C=O) groups is 1. The second kappa shape index (κ2) is 9.78. The molecule has 0 N–H and O–H groups in total. The molecule has 8 nitrogen and oxygen atoms in total. The second-order valence-corrected chi connectivity index (χ2v) is 11.0. The molecule has 0 saturated heterocycles. The monoisotopic (exact) mass is 504 g/mol. The van der Waals surface area contributed by atoms with Crippen molar-refractivity contribution in [1.82, 2.24) is 13.5 Å². The molecule has 1 saturated carbocycles. The molecule has 186 valence electrons. The summed E-state index contributed by atoms with van der Waals surface area (Å²) in [5, 5.41) is 9.88. The van der Waals surface area contributed by atoms with Gasteiger partial charge >= 0.3 is 5.97 Å². The van der Waals surface area contributed by atoms with Crippen LogP contribution in [0.15, 0.2) is 59.6 Å². The Morgan fingerprint density at radius 2 is 1.86 bits per heavy atom. The van der Waals surface area contributed by atoms with E-state index >= 15 is 0 Å². The molecule has 0 unspecified atom stereocenters. The van der Waals surface area contributed by atoms with Crippen LogP contribution in [0.5, 0.6) is 0 Å². The predicted molar refractivity (Wildman–Crippen MR) is 136 cm³/mol. The summed E-state index contributed by atoms with van der Waals surface area (Å²) in [5.74, 6) is 0.665. The molecule has 0 bridgehead atoms. The molecule has 4 aromatic rings. The van der Waals surface area contributed by atoms with Crippen molar-refractivity contribution in [3.8, 4) is 6.07 Å². The van der Waals surface area contributed by atoms with Crippen molar-refractivity contribution in [3.63, 3.8) is 0 Å². The van der Waals surface area contributed by atoms with Gasteiger partial charge in [-0.1, -0.05) is 18.2 Å². The van der Waals surface area contributed by atoms with Gasteiger partial charge in [0.05, 0.1) is 34.1 Å². The molecule has 0 atom stereocenters. The van der Waals surface area contributed by atoms with E-state index in [-0.39, 0.29) is 23.3 Å². The van der Waals surface area contributed by atoms with Gasteiger partial charge in [0.2, 0.25) is 0 Å². The van der Waals surface area contributed by atoms with E-state index in [0.717, 1.165) is 42.1 Å². The van der Waals surface area contributed by atoms with Crippen LogP contribution in [-0.2, 0) is 26.0 Å². The molecule has 2 aromatic carbocycles. The molecule has 5 rings (SSSR count). The van der Waals surface area contributed by atoms with Crippen molar-refractivity contribution in [2.75, 3.05) is 6.61 Å². The zero-order chi connectivity index (χ0) is 25.3. The molecule has 0 aliphatic heterocycles. The maximum Gasteiger partial charge on any atom is 0.313 e. The van der Waals surface area contributed by atoms with Crippen LogP contribution in [0.4, 0.5) is 0 Å². The minimum atomic E-state index is -3.78. The van der Waals surface area contributed by atoms with Crippen molar-refractivity contribution in [3.05, 3.63) is 60.6 Å². The standard InChI is InChI=1S/C27H28N4O4S/c1-2-35-26(32)18-25-29-23-12-13-24-22(15-17-30(24)36(33,34)21-6-4-3-5-7-21)27(23)31(25)20-10-8-19(9-11-20)14-16-28/h3-7,12-13,15,17,19-20H,2,8-11,14,18H2,1H3/t19-,20-. The number of nitrogens with zero attached hydrogens (tertiary/aromatic N) is 4. The highest BCUT2D eigenvalue weighted by Crippen LogP contribution is 2.39. The smallest absolute Gasteiger partial charge is 0.313 e. The van der Waals surface area contributed by atoms with Crippen LogP contribution >= 0.6 is 0 Å². The fourth-order valence-electron chi connectivity index (χ4n) is 5.34. The van der Waals surface area contributed by atoms with Gasteiger partial charge in [0, 0.05) is 24.0 Å². The van der Waals surface area contributed by atoms with E-state index in [9.17, 15) is 13.2 Å². The van der Waals surface area contributed by atoms with Crippen LogP contribution in [0.25, 0.3) is 21.9 Å². The lowest BCUT2D eigenvalue weighted by Gasteiger charge is -2.30. The van der Waals surface area contributed by atoms with Crippen molar-refractivity contribution in [2.45, 2.75) is 56.4 Å². The first kappa shape index (κ1) is 24.1. The summed E-state index contributed by atoms with van der Waals surface area (Å²) in [5.41, 5.74) is 2.11. The van der Waals surface area contributed by atoms with Crippen molar-refractivity contribution in [2.24, 2.45) is 5.92 Å². The molecule has 0 amide bonds. The van der Waals surface area contributed by atoms with Crippen LogP contribution in [0.1, 0.15) is 50.9 Å². The Morgan fingerprint density at radius 1 is 1.11 bits per heavy atom. The van der Waals surface area contributed by atoms with Gasteiger partial charge in [0.15, 0.2) is 0 Å². The maximum absolute atomic E-state index is 13.4. The van der Waals surface area contributed by atoms with E-state index in [2.05, 4.69) is 10.6 Å². The Hall–Kier alpha value is -3.64. The first-order chi connectivity index (χ1) is 17.4. The zero-order valence-corrected chi connectivity index (χ0v) is 20.9. The minimum absolute atomic E-state index is 0.0468. The largest absolute Gasteiger partial charge is 0.466 e. The molecule has 1 aliphatic rings. The van der Waals surface area contributed by atoms with Gasteiger partial charge in [-0.3, -0.25) is 4.79 Å². The van der Waals surface area contributed by atoms with Gasteiger partial charge in [0.1, 0.15) is 12.2 Å². The Bertz CT molecular complexity index is 1560. The van der Waals surface area contributed by atoms with Crippen LogP contribution in [0.2, 0.25) is 0 Å². The van der Waals surface area contributed by atoms with Gasteiger partial charge < -0.3 is 9.30 Å². The Labute approximate surface area is 210 Å². The Morgan fingerprint density at radius 3 is 2.56 bits per heavy atom. The molecular weight excluding hydrogens is 476 g/mol. The van der Waals surface area contributed by atoms with Crippen LogP contribution in [0, 0.1) is 17.2 Å². The third kappa shape index (κ3) is 4.26. The fraction of sp³-hybridized carbons (Fsp3) is 0.370. The van der Waals surface area contributed by atoms with Crippen molar-refractivity contribution in [1.29, 1.82) is 5.26 Å². The molecule has 2 heterocycles. The number of rotatable bonds is 7. The number of hydrogen-bond donors (Lipinski definition) is 0. The van der Waals surface area contributed by atoms with E-state index < -0.39 is 10.0 Å². The highest BCUT2D eigenvalue weighted by molar-refractivity contribution is 7.90. The number of benzene rings is 2. The Kier molecular flexibility index (Phi) is 6.54. The van der Waals surface area contributed by atoms with Crippen molar-refractivity contribution >= 4 is 37.9 Å². The van der Waals surface area contributed by atoms with Crippen molar-refractivity contribution < 1.29 is 17.9 Å². The van der Waals surface area contributed by atoms with Crippen LogP contribution in [0.3, 0.4) is 0 Å². The summed E-state index contributed by atoms with van der Waals surface area (Å²) >= 11 is 0. The highest BCUT2D eigenvalue weighted by atomic mass is 32.2. The summed E-state index contributed by atoms with van der Waals surface area (Å²) in [6, 6.07) is 16.2.